The summed E-state index contributed by atoms with van der Waals surface area (Å²) >= 11 is 0. The van der Waals surface area contributed by atoms with Crippen LogP contribution in [0.3, 0.4) is 0 Å². The molecular weight excluding hydrogens is 178 g/mol. The molecule has 0 N–H and O–H groups in total. The molecule has 1 fully saturated rings. The fraction of sp³-hybridized carbons (Fsp3) is 1.00. The molecule has 1 nitrogen and oxygen atoms in total. The summed E-state index contributed by atoms with van der Waals surface area (Å²) in [5.41, 5.74) is 0. The average Bonchev–Trinajstić information content (AvgIpc) is 2.31. The molecule has 1 heterocycles. The molecule has 0 aliphatic carbocycles. The molecule has 0 aromatic rings. The number of rotatable bonds is 3. The first-order chi connectivity index (χ1) is 5.90. The zero-order valence-electron chi connectivity index (χ0n) is 8.14. The quantitative estimate of drug-likeness (QED) is 0.623. The molecule has 0 saturated carbocycles. The Hall–Kier alpha value is -0.185. The predicted molar refractivity (Wildman–Crippen MR) is 48.5 cm³/mol. The monoisotopic (exact) mass is 194 g/mol. The highest BCUT2D eigenvalue weighted by molar-refractivity contribution is 6.58. The molecule has 5 heteroatoms. The lowest BCUT2D eigenvalue weighted by Crippen LogP contribution is -2.42. The second-order valence-electron chi connectivity index (χ2n) is 4.16. The molecule has 0 spiro atoms. The Morgan fingerprint density at radius 1 is 1.38 bits per heavy atom. The highest BCUT2D eigenvalue weighted by Gasteiger charge is 2.33. The summed E-state index contributed by atoms with van der Waals surface area (Å²) in [6.45, 7) is -0.0471. The van der Waals surface area contributed by atoms with Gasteiger partial charge in [-0.3, -0.25) is 0 Å². The fourth-order valence-electron chi connectivity index (χ4n) is 2.10. The summed E-state index contributed by atoms with van der Waals surface area (Å²) in [5, 5.41) is 0. The molecule has 0 aromatic heterocycles. The van der Waals surface area contributed by atoms with Gasteiger partial charge in [0.1, 0.15) is 0 Å². The highest BCUT2D eigenvalue weighted by Crippen LogP contribution is 2.25. The van der Waals surface area contributed by atoms with E-state index in [1.165, 1.54) is 0 Å². The van der Waals surface area contributed by atoms with Crippen molar-refractivity contribution >= 4 is 6.98 Å². The van der Waals surface area contributed by atoms with Crippen LogP contribution in [0.15, 0.2) is 0 Å². The lowest BCUT2D eigenvalue weighted by atomic mass is 9.89. The summed E-state index contributed by atoms with van der Waals surface area (Å²) < 4.78 is 36.5. The van der Waals surface area contributed by atoms with Crippen molar-refractivity contribution in [1.29, 1.82) is 0 Å². The Morgan fingerprint density at radius 2 is 2.00 bits per heavy atom. The number of nitrogens with zero attached hydrogens (tertiary/aromatic N) is 1. The van der Waals surface area contributed by atoms with Crippen LogP contribution in [0, 0.1) is 5.92 Å². The van der Waals surface area contributed by atoms with Gasteiger partial charge in [-0.15, -0.1) is 0 Å². The van der Waals surface area contributed by atoms with E-state index in [1.54, 1.807) is 4.90 Å². The van der Waals surface area contributed by atoms with Gasteiger partial charge in [0.15, 0.2) is 0 Å². The van der Waals surface area contributed by atoms with Crippen LogP contribution in [-0.4, -0.2) is 30.9 Å². The van der Waals surface area contributed by atoms with Crippen LogP contribution >= 0.6 is 0 Å². The maximum absolute atomic E-state index is 12.2. The molecule has 78 valence electrons. The van der Waals surface area contributed by atoms with Crippen molar-refractivity contribution in [2.45, 2.75) is 32.7 Å². The number of likely N-dealkylation sites (tertiary alicyclic amines) is 1. The van der Waals surface area contributed by atoms with Gasteiger partial charge >= 0.3 is 6.98 Å². The Balaban J connectivity index is 2.49. The predicted octanol–water partition coefficient (Wildman–Crippen LogP) is 2.49. The topological polar surface area (TPSA) is 3.24 Å². The summed E-state index contributed by atoms with van der Waals surface area (Å²) in [7, 11) is 0. The molecular formula is C8H16BF3N-. The maximum atomic E-state index is 12.2. The average molecular weight is 194 g/mol. The molecule has 1 aliphatic rings. The summed E-state index contributed by atoms with van der Waals surface area (Å²) in [5.74, 6) is 0.334. The highest BCUT2D eigenvalue weighted by atomic mass is 19.4. The lowest BCUT2D eigenvalue weighted by molar-refractivity contribution is 0.215. The summed E-state index contributed by atoms with van der Waals surface area (Å²) in [6.07, 6.45) is 1.15. The Morgan fingerprint density at radius 3 is 2.46 bits per heavy atom. The van der Waals surface area contributed by atoms with Gasteiger partial charge in [-0.2, -0.15) is 0 Å². The van der Waals surface area contributed by atoms with E-state index in [9.17, 15) is 12.9 Å². The van der Waals surface area contributed by atoms with Crippen molar-refractivity contribution in [3.05, 3.63) is 0 Å². The maximum Gasteiger partial charge on any atom is 0.492 e. The van der Waals surface area contributed by atoms with Crippen molar-refractivity contribution < 1.29 is 12.9 Å². The molecule has 0 radical (unpaired) electrons. The van der Waals surface area contributed by atoms with Crippen LogP contribution in [0.2, 0.25) is 0 Å². The first-order valence-corrected chi connectivity index (χ1v) is 4.85. The fourth-order valence-corrected chi connectivity index (χ4v) is 2.10. The van der Waals surface area contributed by atoms with Crippen molar-refractivity contribution in [3.8, 4) is 0 Å². The van der Waals surface area contributed by atoms with E-state index in [2.05, 4.69) is 0 Å². The van der Waals surface area contributed by atoms with Gasteiger partial charge in [-0.1, -0.05) is 13.8 Å². The van der Waals surface area contributed by atoms with Crippen LogP contribution in [0.25, 0.3) is 0 Å². The smallest absolute Gasteiger partial charge is 0.448 e. The minimum absolute atomic E-state index is 0.142. The van der Waals surface area contributed by atoms with Gasteiger partial charge in [0.05, 0.1) is 0 Å². The molecule has 1 saturated heterocycles. The SMILES string of the molecule is CC(C)C1CCCN1C[B-](F)(F)F. The van der Waals surface area contributed by atoms with Crippen LogP contribution in [0.4, 0.5) is 12.9 Å². The van der Waals surface area contributed by atoms with Gasteiger partial charge in [0, 0.05) is 6.04 Å². The van der Waals surface area contributed by atoms with Gasteiger partial charge in [-0.25, -0.2) is 0 Å². The van der Waals surface area contributed by atoms with E-state index < -0.39 is 13.4 Å². The number of hydrogen-bond acceptors (Lipinski definition) is 1. The van der Waals surface area contributed by atoms with Crippen LogP contribution in [-0.2, 0) is 0 Å². The lowest BCUT2D eigenvalue weighted by Gasteiger charge is -2.31. The second-order valence-corrected chi connectivity index (χ2v) is 4.16. The van der Waals surface area contributed by atoms with Gasteiger partial charge in [0.2, 0.25) is 0 Å². The minimum Gasteiger partial charge on any atom is -0.448 e. The zero-order valence-corrected chi connectivity index (χ0v) is 8.14. The van der Waals surface area contributed by atoms with E-state index in [0.717, 1.165) is 12.8 Å². The third-order valence-electron chi connectivity index (χ3n) is 2.63. The molecule has 0 bridgehead atoms. The standard InChI is InChI=1S/C8H16BF3N/c1-7(2)8-4-3-5-13(8)6-9(10,11)12/h7-8H,3-6H2,1-2H3/q-1. The molecule has 1 rings (SSSR count). The number of halogens is 3. The van der Waals surface area contributed by atoms with Crippen molar-refractivity contribution in [1.82, 2.24) is 4.90 Å². The van der Waals surface area contributed by atoms with Gasteiger partial charge in [0.25, 0.3) is 0 Å². The first-order valence-electron chi connectivity index (χ1n) is 4.85. The van der Waals surface area contributed by atoms with Crippen LogP contribution in [0.5, 0.6) is 0 Å². The largest absolute Gasteiger partial charge is 0.492 e. The molecule has 1 unspecified atom stereocenters. The molecule has 13 heavy (non-hydrogen) atoms. The Bertz CT molecular complexity index is 169. The molecule has 0 amide bonds. The normalized spacial score (nSPS) is 25.8. The van der Waals surface area contributed by atoms with Crippen molar-refractivity contribution in [2.75, 3.05) is 13.0 Å². The zero-order chi connectivity index (χ0) is 10.1. The Kier molecular flexibility index (Phi) is 3.27. The van der Waals surface area contributed by atoms with Crippen molar-refractivity contribution in [2.24, 2.45) is 5.92 Å². The third kappa shape index (κ3) is 3.22. The van der Waals surface area contributed by atoms with Crippen LogP contribution in [0.1, 0.15) is 26.7 Å². The van der Waals surface area contributed by atoms with E-state index >= 15 is 0 Å². The first kappa shape index (κ1) is 10.9. The van der Waals surface area contributed by atoms with E-state index in [0.29, 0.717) is 12.5 Å². The van der Waals surface area contributed by atoms with Crippen LogP contribution < -0.4 is 0 Å². The Labute approximate surface area is 77.4 Å². The van der Waals surface area contributed by atoms with E-state index in [1.807, 2.05) is 13.8 Å². The van der Waals surface area contributed by atoms with Gasteiger partial charge in [-0.05, 0) is 31.7 Å². The van der Waals surface area contributed by atoms with Crippen molar-refractivity contribution in [3.63, 3.8) is 0 Å². The number of hydrogen-bond donors (Lipinski definition) is 0. The second kappa shape index (κ2) is 3.90. The van der Waals surface area contributed by atoms with E-state index in [-0.39, 0.29) is 6.04 Å². The third-order valence-corrected chi connectivity index (χ3v) is 2.63. The van der Waals surface area contributed by atoms with Gasteiger partial charge < -0.3 is 17.8 Å². The summed E-state index contributed by atoms with van der Waals surface area (Å²) in [6, 6.07) is 0.142. The molecule has 0 aromatic carbocycles. The summed E-state index contributed by atoms with van der Waals surface area (Å²) in [4.78, 5) is 1.59. The molecule has 1 atom stereocenters. The van der Waals surface area contributed by atoms with E-state index in [4.69, 9.17) is 0 Å². The molecule has 1 aliphatic heterocycles. The minimum atomic E-state index is -4.65.